The Bertz CT molecular complexity index is 2190. The number of fused-ring (bicyclic) bond motifs is 1. The number of aryl methyl sites for hydroxylation is 1. The number of rotatable bonds is 7. The fourth-order valence-corrected chi connectivity index (χ4v) is 5.94. The molecule has 0 atom stereocenters. The van der Waals surface area contributed by atoms with Crippen LogP contribution in [0.4, 0.5) is 18.9 Å². The first-order chi connectivity index (χ1) is 22.0. The number of nitrogens with zero attached hydrogens (tertiary/aromatic N) is 5. The monoisotopic (exact) mass is 639 g/mol. The number of para-hydroxylation sites is 1. The minimum atomic E-state index is -4.57. The van der Waals surface area contributed by atoms with Gasteiger partial charge in [-0.1, -0.05) is 36.0 Å². The number of hydrogen-bond acceptors (Lipinski definition) is 6. The highest BCUT2D eigenvalue weighted by Crippen LogP contribution is 2.33. The maximum absolute atomic E-state index is 13.6. The lowest BCUT2D eigenvalue weighted by Gasteiger charge is -2.12. The molecule has 46 heavy (non-hydrogen) atoms. The van der Waals surface area contributed by atoms with Gasteiger partial charge in [0.05, 0.1) is 27.6 Å². The van der Waals surface area contributed by atoms with Gasteiger partial charge in [-0.3, -0.25) is 14.9 Å². The summed E-state index contributed by atoms with van der Waals surface area (Å²) < 4.78 is 43.6. The van der Waals surface area contributed by atoms with E-state index in [9.17, 15) is 28.1 Å². The molecule has 0 aliphatic carbocycles. The van der Waals surface area contributed by atoms with Crippen molar-refractivity contribution in [2.75, 3.05) is 0 Å². The second-order valence-corrected chi connectivity index (χ2v) is 11.5. The van der Waals surface area contributed by atoms with E-state index in [0.29, 0.717) is 11.1 Å². The van der Waals surface area contributed by atoms with Crippen molar-refractivity contribution in [2.24, 2.45) is 5.10 Å². The predicted molar refractivity (Wildman–Crippen MR) is 172 cm³/mol. The first kappa shape index (κ1) is 30.5. The van der Waals surface area contributed by atoms with E-state index in [0.717, 1.165) is 43.7 Å². The molecule has 0 spiro atoms. The summed E-state index contributed by atoms with van der Waals surface area (Å²) in [6.07, 6.45) is -3.06. The molecule has 2 aromatic heterocycles. The van der Waals surface area contributed by atoms with Crippen LogP contribution < -0.4 is 5.56 Å². The number of aromatic nitrogens is 3. The van der Waals surface area contributed by atoms with Gasteiger partial charge in [-0.2, -0.15) is 22.9 Å². The van der Waals surface area contributed by atoms with Crippen molar-refractivity contribution in [3.05, 3.63) is 146 Å². The molecule has 0 unspecified atom stereocenters. The molecule has 0 fully saturated rings. The van der Waals surface area contributed by atoms with Gasteiger partial charge in [0.2, 0.25) is 0 Å². The lowest BCUT2D eigenvalue weighted by molar-refractivity contribution is -0.384. The molecule has 0 N–H and O–H groups in total. The first-order valence-corrected chi connectivity index (χ1v) is 14.8. The van der Waals surface area contributed by atoms with Crippen molar-refractivity contribution in [1.82, 2.24) is 14.2 Å². The maximum atomic E-state index is 13.6. The lowest BCUT2D eigenvalue weighted by Crippen LogP contribution is -2.20. The summed E-state index contributed by atoms with van der Waals surface area (Å²) in [4.78, 5) is 30.4. The number of alkyl halides is 3. The van der Waals surface area contributed by atoms with Crippen LogP contribution in [0.5, 0.6) is 0 Å². The largest absolute Gasteiger partial charge is 0.416 e. The summed E-state index contributed by atoms with van der Waals surface area (Å²) in [6, 6.07) is 27.4. The highest BCUT2D eigenvalue weighted by atomic mass is 32.2. The van der Waals surface area contributed by atoms with E-state index in [1.54, 1.807) is 36.4 Å². The fraction of sp³-hybridized carbons (Fsp3) is 0.0882. The van der Waals surface area contributed by atoms with E-state index in [4.69, 9.17) is 0 Å². The van der Waals surface area contributed by atoms with Crippen LogP contribution in [-0.4, -0.2) is 25.4 Å². The molecule has 4 aromatic carbocycles. The molecule has 2 heterocycles. The smallest absolute Gasteiger partial charge is 0.318 e. The summed E-state index contributed by atoms with van der Waals surface area (Å²) in [5, 5.41) is 15.7. The lowest BCUT2D eigenvalue weighted by atomic mass is 10.1. The van der Waals surface area contributed by atoms with Gasteiger partial charge in [-0.15, -0.1) is 0 Å². The standard InChI is InChI=1S/C34H24F3N5O3S/c1-21-18-24(22(2)40(21)26-10-14-28(15-11-26)46-29-16-12-27(13-17-29)42(44)45)20-38-41-32(23-6-5-7-25(19-23)34(35,36)37)39-31-9-4-3-8-30(31)33(41)43/h3-20H,1-2H3. The van der Waals surface area contributed by atoms with E-state index in [1.165, 1.54) is 42.2 Å². The SMILES string of the molecule is Cc1cc(C=Nn2c(-c3cccc(C(F)(F)F)c3)nc3ccccc3c2=O)c(C)n1-c1ccc(Sc2ccc([N+](=O)[O-])cc2)cc1. The maximum Gasteiger partial charge on any atom is 0.416 e. The topological polar surface area (TPSA) is 95.3 Å². The van der Waals surface area contributed by atoms with E-state index in [-0.39, 0.29) is 22.5 Å². The van der Waals surface area contributed by atoms with Crippen molar-refractivity contribution >= 4 is 34.6 Å². The molecule has 0 amide bonds. The van der Waals surface area contributed by atoms with Crippen LogP contribution in [0.3, 0.4) is 0 Å². The van der Waals surface area contributed by atoms with Crippen molar-refractivity contribution in [3.63, 3.8) is 0 Å². The molecule has 6 aromatic rings. The molecule has 230 valence electrons. The van der Waals surface area contributed by atoms with Crippen LogP contribution in [-0.2, 0) is 6.18 Å². The van der Waals surface area contributed by atoms with Gasteiger partial charge in [0.1, 0.15) is 0 Å². The Morgan fingerprint density at radius 3 is 2.24 bits per heavy atom. The number of hydrogen-bond donors (Lipinski definition) is 0. The van der Waals surface area contributed by atoms with Crippen LogP contribution in [0.25, 0.3) is 28.0 Å². The van der Waals surface area contributed by atoms with E-state index >= 15 is 0 Å². The summed E-state index contributed by atoms with van der Waals surface area (Å²) in [6.45, 7) is 3.84. The third-order valence-electron chi connectivity index (χ3n) is 7.36. The number of halogens is 3. The zero-order valence-electron chi connectivity index (χ0n) is 24.4. The van der Waals surface area contributed by atoms with E-state index in [2.05, 4.69) is 10.1 Å². The molecule has 0 bridgehead atoms. The molecule has 0 radical (unpaired) electrons. The molecule has 0 aliphatic heterocycles. The van der Waals surface area contributed by atoms with Crippen LogP contribution in [0.2, 0.25) is 0 Å². The Morgan fingerprint density at radius 1 is 0.891 bits per heavy atom. The van der Waals surface area contributed by atoms with Gasteiger partial charge >= 0.3 is 6.18 Å². The second kappa shape index (κ2) is 12.1. The van der Waals surface area contributed by atoms with Gasteiger partial charge in [-0.25, -0.2) is 4.98 Å². The van der Waals surface area contributed by atoms with E-state index in [1.807, 2.05) is 48.7 Å². The van der Waals surface area contributed by atoms with Crippen LogP contribution in [0.15, 0.2) is 123 Å². The van der Waals surface area contributed by atoms with Gasteiger partial charge in [0.15, 0.2) is 5.82 Å². The minimum absolute atomic E-state index is 0.0130. The van der Waals surface area contributed by atoms with Gasteiger partial charge in [0, 0.05) is 50.1 Å². The Kier molecular flexibility index (Phi) is 8.05. The molecular weight excluding hydrogens is 615 g/mol. The Hall–Kier alpha value is -5.49. The molecule has 0 saturated carbocycles. The third-order valence-corrected chi connectivity index (χ3v) is 8.38. The van der Waals surface area contributed by atoms with Crippen molar-refractivity contribution in [2.45, 2.75) is 29.8 Å². The summed E-state index contributed by atoms with van der Waals surface area (Å²) in [7, 11) is 0. The Balaban J connectivity index is 1.34. The zero-order chi connectivity index (χ0) is 32.6. The number of non-ortho nitro benzene ring substituents is 1. The molecular formula is C34H24F3N5O3S. The quantitative estimate of drug-likeness (QED) is 0.0993. The first-order valence-electron chi connectivity index (χ1n) is 13.9. The average molecular weight is 640 g/mol. The van der Waals surface area contributed by atoms with Gasteiger partial charge in [-0.05, 0) is 80.6 Å². The molecule has 6 rings (SSSR count). The van der Waals surface area contributed by atoms with Gasteiger partial charge in [0.25, 0.3) is 11.2 Å². The zero-order valence-corrected chi connectivity index (χ0v) is 25.2. The average Bonchev–Trinajstić information content (AvgIpc) is 3.33. The number of benzene rings is 4. The fourth-order valence-electron chi connectivity index (χ4n) is 5.12. The second-order valence-electron chi connectivity index (χ2n) is 10.4. The molecule has 0 aliphatic rings. The highest BCUT2D eigenvalue weighted by molar-refractivity contribution is 7.99. The minimum Gasteiger partial charge on any atom is -0.318 e. The van der Waals surface area contributed by atoms with Gasteiger partial charge < -0.3 is 4.57 Å². The predicted octanol–water partition coefficient (Wildman–Crippen LogP) is 8.43. The summed E-state index contributed by atoms with van der Waals surface area (Å²) >= 11 is 1.48. The van der Waals surface area contributed by atoms with Crippen LogP contribution in [0, 0.1) is 24.0 Å². The normalized spacial score (nSPS) is 11.8. The van der Waals surface area contributed by atoms with Crippen LogP contribution >= 0.6 is 11.8 Å². The van der Waals surface area contributed by atoms with Crippen molar-refractivity contribution in [3.8, 4) is 17.1 Å². The van der Waals surface area contributed by atoms with Crippen LogP contribution in [0.1, 0.15) is 22.5 Å². The molecule has 12 heteroatoms. The van der Waals surface area contributed by atoms with Crippen molar-refractivity contribution in [1.29, 1.82) is 0 Å². The van der Waals surface area contributed by atoms with Crippen molar-refractivity contribution < 1.29 is 18.1 Å². The summed E-state index contributed by atoms with van der Waals surface area (Å²) in [5.74, 6) is -0.0130. The number of nitro benzene ring substituents is 1. The third kappa shape index (κ3) is 6.07. The number of nitro groups is 1. The van der Waals surface area contributed by atoms with E-state index < -0.39 is 22.2 Å². The summed E-state index contributed by atoms with van der Waals surface area (Å²) in [5.41, 5.74) is 2.44. The highest BCUT2D eigenvalue weighted by Gasteiger charge is 2.31. The Morgan fingerprint density at radius 2 is 1.57 bits per heavy atom. The molecule has 0 saturated heterocycles. The molecule has 8 nitrogen and oxygen atoms in total. The Labute approximate surface area is 264 Å².